The normalized spacial score (nSPS) is 10.9. The summed E-state index contributed by atoms with van der Waals surface area (Å²) < 4.78 is 5.41. The molecular weight excluding hydrogens is 373 g/mol. The Bertz CT molecular complexity index is 1060. The monoisotopic (exact) mass is 389 g/mol. The van der Waals surface area contributed by atoms with Crippen LogP contribution in [0.3, 0.4) is 0 Å². The summed E-state index contributed by atoms with van der Waals surface area (Å²) in [7, 11) is 0. The Morgan fingerprint density at radius 3 is 2.69 bits per heavy atom. The molecule has 1 aromatic heterocycles. The first-order chi connectivity index (χ1) is 12.4. The lowest BCUT2D eigenvalue weighted by Crippen LogP contribution is -2.16. The zero-order chi connectivity index (χ0) is 18.8. The predicted molar refractivity (Wildman–Crippen MR) is 105 cm³/mol. The van der Waals surface area contributed by atoms with E-state index in [2.05, 4.69) is 5.32 Å². The highest BCUT2D eigenvalue weighted by molar-refractivity contribution is 6.43. The number of amides is 1. The van der Waals surface area contributed by atoms with Crippen molar-refractivity contribution in [3.8, 4) is 0 Å². The second-order valence-electron chi connectivity index (χ2n) is 6.14. The van der Waals surface area contributed by atoms with Gasteiger partial charge in [-0.05, 0) is 49.6 Å². The van der Waals surface area contributed by atoms with Crippen LogP contribution in [-0.2, 0) is 11.2 Å². The van der Waals surface area contributed by atoms with Crippen molar-refractivity contribution >= 4 is 45.8 Å². The van der Waals surface area contributed by atoms with E-state index in [9.17, 15) is 9.59 Å². The fraction of sp³-hybridized carbons (Fsp3) is 0.200. The standard InChI is InChI=1S/C20H17Cl2NO3/c1-11-6-7-13-12(2)14(20(25)26-17(13)10-11)8-9-18(24)23-16-5-3-4-15(21)19(16)22/h3-7,10H,8-9H2,1-2H3,(H,23,24). The first-order valence-electron chi connectivity index (χ1n) is 8.13. The topological polar surface area (TPSA) is 59.3 Å². The van der Waals surface area contributed by atoms with Crippen molar-refractivity contribution in [3.63, 3.8) is 0 Å². The molecule has 1 N–H and O–H groups in total. The molecule has 3 aromatic rings. The minimum absolute atomic E-state index is 0.131. The summed E-state index contributed by atoms with van der Waals surface area (Å²) >= 11 is 12.0. The van der Waals surface area contributed by atoms with E-state index in [0.29, 0.717) is 26.9 Å². The SMILES string of the molecule is Cc1ccc2c(C)c(CCC(=O)Nc3cccc(Cl)c3Cl)c(=O)oc2c1. The van der Waals surface area contributed by atoms with Gasteiger partial charge in [-0.1, -0.05) is 41.4 Å². The molecule has 0 atom stereocenters. The van der Waals surface area contributed by atoms with Gasteiger partial charge in [0.15, 0.2) is 0 Å². The average molecular weight is 390 g/mol. The molecule has 0 radical (unpaired) electrons. The number of nitrogens with one attached hydrogen (secondary N) is 1. The third kappa shape index (κ3) is 3.76. The summed E-state index contributed by atoms with van der Waals surface area (Å²) in [5, 5.41) is 4.25. The van der Waals surface area contributed by atoms with Crippen LogP contribution in [0.2, 0.25) is 10.0 Å². The van der Waals surface area contributed by atoms with Crippen LogP contribution >= 0.6 is 23.2 Å². The van der Waals surface area contributed by atoms with Gasteiger partial charge in [0.1, 0.15) is 5.58 Å². The maximum absolute atomic E-state index is 12.3. The van der Waals surface area contributed by atoms with Crippen LogP contribution in [0.4, 0.5) is 5.69 Å². The molecular formula is C20H17Cl2NO3. The zero-order valence-corrected chi connectivity index (χ0v) is 15.9. The molecule has 0 fully saturated rings. The van der Waals surface area contributed by atoms with E-state index in [1.165, 1.54) is 0 Å². The number of hydrogen-bond donors (Lipinski definition) is 1. The van der Waals surface area contributed by atoms with Gasteiger partial charge in [-0.2, -0.15) is 0 Å². The highest BCUT2D eigenvalue weighted by Crippen LogP contribution is 2.29. The highest BCUT2D eigenvalue weighted by Gasteiger charge is 2.14. The summed E-state index contributed by atoms with van der Waals surface area (Å²) in [6.45, 7) is 3.81. The van der Waals surface area contributed by atoms with Crippen LogP contribution in [0, 0.1) is 13.8 Å². The maximum Gasteiger partial charge on any atom is 0.339 e. The van der Waals surface area contributed by atoms with Gasteiger partial charge in [-0.15, -0.1) is 0 Å². The lowest BCUT2D eigenvalue weighted by atomic mass is 10.0. The van der Waals surface area contributed by atoms with Gasteiger partial charge in [-0.3, -0.25) is 4.79 Å². The van der Waals surface area contributed by atoms with Crippen molar-refractivity contribution in [2.24, 2.45) is 0 Å². The van der Waals surface area contributed by atoms with Gasteiger partial charge in [0.2, 0.25) is 5.91 Å². The van der Waals surface area contributed by atoms with E-state index >= 15 is 0 Å². The lowest BCUT2D eigenvalue weighted by Gasteiger charge is -2.10. The van der Waals surface area contributed by atoms with Gasteiger partial charge in [0.05, 0.1) is 15.7 Å². The molecule has 4 nitrogen and oxygen atoms in total. The van der Waals surface area contributed by atoms with E-state index in [1.807, 2.05) is 32.0 Å². The molecule has 1 amide bonds. The van der Waals surface area contributed by atoms with Crippen molar-refractivity contribution in [1.82, 2.24) is 0 Å². The zero-order valence-electron chi connectivity index (χ0n) is 14.4. The molecule has 0 aliphatic carbocycles. The minimum Gasteiger partial charge on any atom is -0.423 e. The Labute approximate surface area is 160 Å². The van der Waals surface area contributed by atoms with E-state index in [0.717, 1.165) is 16.5 Å². The van der Waals surface area contributed by atoms with E-state index in [1.54, 1.807) is 18.2 Å². The Morgan fingerprint density at radius 1 is 1.15 bits per heavy atom. The average Bonchev–Trinajstić information content (AvgIpc) is 2.58. The molecule has 3 rings (SSSR count). The van der Waals surface area contributed by atoms with Crippen molar-refractivity contribution in [2.45, 2.75) is 26.7 Å². The van der Waals surface area contributed by atoms with Gasteiger partial charge in [0, 0.05) is 17.4 Å². The molecule has 26 heavy (non-hydrogen) atoms. The van der Waals surface area contributed by atoms with Crippen molar-refractivity contribution in [2.75, 3.05) is 5.32 Å². The van der Waals surface area contributed by atoms with Crippen LogP contribution in [-0.4, -0.2) is 5.91 Å². The fourth-order valence-corrected chi connectivity index (χ4v) is 3.19. The van der Waals surface area contributed by atoms with Crippen LogP contribution in [0.5, 0.6) is 0 Å². The smallest absolute Gasteiger partial charge is 0.339 e. The summed E-state index contributed by atoms with van der Waals surface area (Å²) in [5.41, 5.74) is 2.96. The Balaban J connectivity index is 1.79. The molecule has 2 aromatic carbocycles. The molecule has 0 aliphatic heterocycles. The second-order valence-corrected chi connectivity index (χ2v) is 6.93. The largest absolute Gasteiger partial charge is 0.423 e. The molecule has 0 saturated carbocycles. The number of anilines is 1. The number of fused-ring (bicyclic) bond motifs is 1. The summed E-state index contributed by atoms with van der Waals surface area (Å²) in [6, 6.07) is 10.7. The molecule has 0 unspecified atom stereocenters. The number of rotatable bonds is 4. The van der Waals surface area contributed by atoms with Crippen molar-refractivity contribution in [1.29, 1.82) is 0 Å². The number of halogens is 2. The number of benzene rings is 2. The number of carbonyl (C=O) groups excluding carboxylic acids is 1. The Hall–Kier alpha value is -2.30. The molecule has 0 saturated heterocycles. The number of aryl methyl sites for hydroxylation is 2. The fourth-order valence-electron chi connectivity index (χ4n) is 2.84. The van der Waals surface area contributed by atoms with Crippen molar-refractivity contribution in [3.05, 3.63) is 73.6 Å². The van der Waals surface area contributed by atoms with Gasteiger partial charge in [-0.25, -0.2) is 4.79 Å². The molecule has 0 bridgehead atoms. The minimum atomic E-state index is -0.408. The third-order valence-electron chi connectivity index (χ3n) is 4.27. The Morgan fingerprint density at radius 2 is 1.92 bits per heavy atom. The maximum atomic E-state index is 12.3. The van der Waals surface area contributed by atoms with Crippen LogP contribution in [0.25, 0.3) is 11.0 Å². The second kappa shape index (κ2) is 7.52. The third-order valence-corrected chi connectivity index (χ3v) is 5.09. The highest BCUT2D eigenvalue weighted by atomic mass is 35.5. The molecule has 0 spiro atoms. The molecule has 6 heteroatoms. The van der Waals surface area contributed by atoms with Crippen LogP contribution in [0.1, 0.15) is 23.1 Å². The number of hydrogen-bond acceptors (Lipinski definition) is 3. The first-order valence-corrected chi connectivity index (χ1v) is 8.89. The summed E-state index contributed by atoms with van der Waals surface area (Å²) in [6.07, 6.45) is 0.411. The number of carbonyl (C=O) groups is 1. The van der Waals surface area contributed by atoms with Crippen molar-refractivity contribution < 1.29 is 9.21 Å². The van der Waals surface area contributed by atoms with E-state index < -0.39 is 5.63 Å². The van der Waals surface area contributed by atoms with Crippen LogP contribution < -0.4 is 10.9 Å². The molecule has 0 aliphatic rings. The predicted octanol–water partition coefficient (Wildman–Crippen LogP) is 5.29. The van der Waals surface area contributed by atoms with Crippen LogP contribution in [0.15, 0.2) is 45.6 Å². The first kappa shape index (κ1) is 18.5. The lowest BCUT2D eigenvalue weighted by molar-refractivity contribution is -0.116. The molecule has 134 valence electrons. The van der Waals surface area contributed by atoms with Gasteiger partial charge in [0.25, 0.3) is 0 Å². The van der Waals surface area contributed by atoms with E-state index in [-0.39, 0.29) is 18.7 Å². The Kier molecular flexibility index (Phi) is 5.35. The summed E-state index contributed by atoms with van der Waals surface area (Å²) in [4.78, 5) is 24.5. The van der Waals surface area contributed by atoms with E-state index in [4.69, 9.17) is 27.6 Å². The van der Waals surface area contributed by atoms with Gasteiger partial charge >= 0.3 is 5.63 Å². The summed E-state index contributed by atoms with van der Waals surface area (Å²) in [5.74, 6) is -0.253. The quantitative estimate of drug-likeness (QED) is 0.616. The molecule has 1 heterocycles. The van der Waals surface area contributed by atoms with Gasteiger partial charge < -0.3 is 9.73 Å².